The Bertz CT molecular complexity index is 868. The quantitative estimate of drug-likeness (QED) is 0.673. The first-order valence-electron chi connectivity index (χ1n) is 8.16. The molecule has 0 spiro atoms. The van der Waals surface area contributed by atoms with E-state index in [1.54, 1.807) is 26.5 Å². The molecule has 0 atom stereocenters. The van der Waals surface area contributed by atoms with Gasteiger partial charge in [-0.3, -0.25) is 0 Å². The van der Waals surface area contributed by atoms with E-state index in [9.17, 15) is 0 Å². The van der Waals surface area contributed by atoms with Crippen LogP contribution in [0.1, 0.15) is 11.1 Å². The molecular weight excluding hydrogens is 330 g/mol. The van der Waals surface area contributed by atoms with E-state index in [4.69, 9.17) is 9.47 Å². The molecule has 7 nitrogen and oxygen atoms in total. The smallest absolute Gasteiger partial charge is 0.244 e. The van der Waals surface area contributed by atoms with Crippen LogP contribution in [0, 0.1) is 6.92 Å². The maximum Gasteiger partial charge on any atom is 0.244 e. The third-order valence-electron chi connectivity index (χ3n) is 3.80. The van der Waals surface area contributed by atoms with Crippen LogP contribution in [-0.4, -0.2) is 29.4 Å². The molecule has 0 saturated carbocycles. The van der Waals surface area contributed by atoms with Crippen molar-refractivity contribution in [1.29, 1.82) is 0 Å². The van der Waals surface area contributed by atoms with Crippen LogP contribution in [0.4, 0.5) is 17.5 Å². The molecule has 26 heavy (non-hydrogen) atoms. The number of aromatic nitrogens is 3. The van der Waals surface area contributed by atoms with E-state index in [1.165, 1.54) is 5.56 Å². The summed E-state index contributed by atoms with van der Waals surface area (Å²) in [5.41, 5.74) is 3.14. The molecule has 134 valence electrons. The topological polar surface area (TPSA) is 81.2 Å². The average molecular weight is 351 g/mol. The lowest BCUT2D eigenvalue weighted by molar-refractivity contribution is 0.395. The predicted octanol–water partition coefficient (Wildman–Crippen LogP) is 3.55. The number of benzene rings is 2. The first-order chi connectivity index (χ1) is 12.7. The van der Waals surface area contributed by atoms with E-state index in [1.807, 2.05) is 12.1 Å². The summed E-state index contributed by atoms with van der Waals surface area (Å²) in [5, 5.41) is 14.4. The highest BCUT2D eigenvalue weighted by Gasteiger charge is 2.07. The van der Waals surface area contributed by atoms with Gasteiger partial charge in [0.1, 0.15) is 11.5 Å². The van der Waals surface area contributed by atoms with Crippen LogP contribution < -0.4 is 20.1 Å². The monoisotopic (exact) mass is 351 g/mol. The highest BCUT2D eigenvalue weighted by molar-refractivity contribution is 5.65. The summed E-state index contributed by atoms with van der Waals surface area (Å²) in [4.78, 5) is 4.44. The van der Waals surface area contributed by atoms with Crippen molar-refractivity contribution in [1.82, 2.24) is 15.2 Å². The number of nitrogens with zero attached hydrogens (tertiary/aromatic N) is 3. The molecule has 1 heterocycles. The van der Waals surface area contributed by atoms with Gasteiger partial charge in [-0.2, -0.15) is 10.1 Å². The molecule has 0 aliphatic carbocycles. The molecule has 3 aromatic rings. The van der Waals surface area contributed by atoms with Crippen LogP contribution in [-0.2, 0) is 6.54 Å². The lowest BCUT2D eigenvalue weighted by atomic mass is 10.1. The summed E-state index contributed by atoms with van der Waals surface area (Å²) in [6.07, 6.45) is 1.56. The van der Waals surface area contributed by atoms with Gasteiger partial charge in [0.15, 0.2) is 5.82 Å². The van der Waals surface area contributed by atoms with Gasteiger partial charge in [0.05, 0.1) is 26.1 Å². The summed E-state index contributed by atoms with van der Waals surface area (Å²) >= 11 is 0. The molecule has 0 aliphatic rings. The minimum absolute atomic E-state index is 0.447. The number of hydrogen-bond donors (Lipinski definition) is 2. The number of nitrogens with one attached hydrogen (secondary N) is 2. The van der Waals surface area contributed by atoms with Crippen LogP contribution in [0.2, 0.25) is 0 Å². The molecule has 0 unspecified atom stereocenters. The third kappa shape index (κ3) is 4.38. The van der Waals surface area contributed by atoms with Crippen LogP contribution in [0.3, 0.4) is 0 Å². The van der Waals surface area contributed by atoms with Crippen molar-refractivity contribution >= 4 is 17.5 Å². The first kappa shape index (κ1) is 17.5. The summed E-state index contributed by atoms with van der Waals surface area (Å²) in [5.74, 6) is 2.38. The van der Waals surface area contributed by atoms with Gasteiger partial charge in [-0.05, 0) is 24.6 Å². The van der Waals surface area contributed by atoms with Gasteiger partial charge in [0, 0.05) is 12.6 Å². The fourth-order valence-electron chi connectivity index (χ4n) is 2.37. The Morgan fingerprint density at radius 2 is 1.81 bits per heavy atom. The zero-order valence-corrected chi connectivity index (χ0v) is 15.0. The molecule has 0 saturated heterocycles. The van der Waals surface area contributed by atoms with Crippen LogP contribution in [0.5, 0.6) is 11.5 Å². The fraction of sp³-hybridized carbons (Fsp3) is 0.211. The normalized spacial score (nSPS) is 10.3. The maximum atomic E-state index is 5.38. The van der Waals surface area contributed by atoms with E-state index in [-0.39, 0.29) is 0 Å². The van der Waals surface area contributed by atoms with Crippen molar-refractivity contribution in [3.8, 4) is 11.5 Å². The zero-order valence-electron chi connectivity index (χ0n) is 15.0. The van der Waals surface area contributed by atoms with Gasteiger partial charge >= 0.3 is 0 Å². The highest BCUT2D eigenvalue weighted by atomic mass is 16.5. The molecule has 1 aromatic heterocycles. The summed E-state index contributed by atoms with van der Waals surface area (Å²) < 4.78 is 10.6. The second-order valence-electron chi connectivity index (χ2n) is 5.70. The van der Waals surface area contributed by atoms with E-state index < -0.39 is 0 Å². The largest absolute Gasteiger partial charge is 0.497 e. The number of anilines is 3. The molecule has 2 aromatic carbocycles. The third-order valence-corrected chi connectivity index (χ3v) is 3.80. The van der Waals surface area contributed by atoms with Crippen LogP contribution in [0.25, 0.3) is 0 Å². The van der Waals surface area contributed by atoms with Crippen molar-refractivity contribution < 1.29 is 9.47 Å². The zero-order chi connectivity index (χ0) is 18.4. The van der Waals surface area contributed by atoms with Crippen molar-refractivity contribution in [2.45, 2.75) is 13.5 Å². The standard InChI is InChI=1S/C19H21N5O2/c1-13-4-6-14(7-5-13)11-20-19-23-18(12-21-24-19)22-16-9-8-15(25-2)10-17(16)26-3/h4-10,12H,11H2,1-3H3,(H2,20,22,23,24). The van der Waals surface area contributed by atoms with Crippen molar-refractivity contribution in [2.24, 2.45) is 0 Å². The Morgan fingerprint density at radius 3 is 2.54 bits per heavy atom. The van der Waals surface area contributed by atoms with Gasteiger partial charge in [0.25, 0.3) is 0 Å². The van der Waals surface area contributed by atoms with E-state index in [0.717, 1.165) is 11.3 Å². The summed E-state index contributed by atoms with van der Waals surface area (Å²) in [6.45, 7) is 2.68. The molecule has 0 radical (unpaired) electrons. The maximum absolute atomic E-state index is 5.38. The number of ether oxygens (including phenoxy) is 2. The molecule has 2 N–H and O–H groups in total. The molecule has 7 heteroatoms. The lowest BCUT2D eigenvalue weighted by Crippen LogP contribution is -2.06. The molecule has 3 rings (SSSR count). The lowest BCUT2D eigenvalue weighted by Gasteiger charge is -2.12. The SMILES string of the molecule is COc1ccc(Nc2cnnc(NCc3ccc(C)cc3)n2)c(OC)c1. The second-order valence-corrected chi connectivity index (χ2v) is 5.70. The van der Waals surface area contributed by atoms with Crippen LogP contribution in [0.15, 0.2) is 48.7 Å². The van der Waals surface area contributed by atoms with Crippen molar-refractivity contribution in [3.05, 3.63) is 59.8 Å². The number of rotatable bonds is 7. The number of methoxy groups -OCH3 is 2. The van der Waals surface area contributed by atoms with E-state index in [2.05, 4.69) is 57.0 Å². The summed E-state index contributed by atoms with van der Waals surface area (Å²) in [7, 11) is 3.22. The molecule has 0 amide bonds. The van der Waals surface area contributed by atoms with Crippen molar-refractivity contribution in [2.75, 3.05) is 24.9 Å². The van der Waals surface area contributed by atoms with Crippen molar-refractivity contribution in [3.63, 3.8) is 0 Å². The molecule has 0 bridgehead atoms. The number of aryl methyl sites for hydroxylation is 1. The average Bonchev–Trinajstić information content (AvgIpc) is 2.68. The summed E-state index contributed by atoms with van der Waals surface area (Å²) in [6, 6.07) is 13.8. The first-order valence-corrected chi connectivity index (χ1v) is 8.16. The molecular formula is C19H21N5O2. The van der Waals surface area contributed by atoms with Gasteiger partial charge in [-0.25, -0.2) is 0 Å². The predicted molar refractivity (Wildman–Crippen MR) is 101 cm³/mol. The Morgan fingerprint density at radius 1 is 1.00 bits per heavy atom. The van der Waals surface area contributed by atoms with Gasteiger partial charge in [-0.15, -0.1) is 5.10 Å². The fourth-order valence-corrected chi connectivity index (χ4v) is 2.37. The molecule has 0 aliphatic heterocycles. The Labute approximate surface area is 152 Å². The van der Waals surface area contributed by atoms with E-state index >= 15 is 0 Å². The molecule has 0 fully saturated rings. The van der Waals surface area contributed by atoms with Gasteiger partial charge in [0.2, 0.25) is 5.95 Å². The van der Waals surface area contributed by atoms with Gasteiger partial charge < -0.3 is 20.1 Å². The minimum Gasteiger partial charge on any atom is -0.497 e. The van der Waals surface area contributed by atoms with Gasteiger partial charge in [-0.1, -0.05) is 29.8 Å². The Hall–Kier alpha value is -3.35. The van der Waals surface area contributed by atoms with Crippen LogP contribution >= 0.6 is 0 Å². The number of hydrogen-bond acceptors (Lipinski definition) is 7. The minimum atomic E-state index is 0.447. The van der Waals surface area contributed by atoms with E-state index in [0.29, 0.717) is 29.8 Å². The Balaban J connectivity index is 1.70. The highest BCUT2D eigenvalue weighted by Crippen LogP contribution is 2.30. The Kier molecular flexibility index (Phi) is 5.48. The second kappa shape index (κ2) is 8.15.